The third kappa shape index (κ3) is 4.37. The molecule has 0 heterocycles. The van der Waals surface area contributed by atoms with E-state index in [1.807, 2.05) is 36.6 Å². The Morgan fingerprint density at radius 3 is 2.75 bits per heavy atom. The molecule has 1 aromatic carbocycles. The highest BCUT2D eigenvalue weighted by molar-refractivity contribution is 8.10. The second-order valence-electron chi connectivity index (χ2n) is 3.38. The van der Waals surface area contributed by atoms with Crippen LogP contribution in [0.5, 0.6) is 0 Å². The van der Waals surface area contributed by atoms with Gasteiger partial charge in [0.25, 0.3) is 0 Å². The van der Waals surface area contributed by atoms with Gasteiger partial charge in [-0.3, -0.25) is 5.32 Å². The summed E-state index contributed by atoms with van der Waals surface area (Å²) in [6.07, 6.45) is 3.23. The van der Waals surface area contributed by atoms with E-state index < -0.39 is 0 Å². The number of benzene rings is 1. The maximum atomic E-state index is 11.7. The quantitative estimate of drug-likeness (QED) is 0.644. The maximum Gasteiger partial charge on any atom is 0.433 e. The first-order chi connectivity index (χ1) is 7.74. The van der Waals surface area contributed by atoms with Gasteiger partial charge < -0.3 is 0 Å². The number of carbonyl (C=O) groups is 1. The fraction of sp³-hybridized carbons (Fsp3) is 0.333. The molecule has 1 amide bonds. The number of nitrogens with zero attached hydrogens (tertiary/aromatic N) is 1. The predicted octanol–water partition coefficient (Wildman–Crippen LogP) is 2.77. The average Bonchev–Trinajstić information content (AvgIpc) is 2.30. The van der Waals surface area contributed by atoms with Crippen molar-refractivity contribution in [1.82, 2.24) is 0 Å². The van der Waals surface area contributed by atoms with Crippen molar-refractivity contribution < 1.29 is 4.79 Å². The molecule has 0 spiro atoms. The smallest absolute Gasteiger partial charge is 0.281 e. The fourth-order valence-electron chi connectivity index (χ4n) is 1.19. The minimum Gasteiger partial charge on any atom is -0.281 e. The molecule has 16 heavy (non-hydrogen) atoms. The number of carbonyl (C=O) groups excluding carboxylic acids is 1. The minimum atomic E-state index is -0.318. The van der Waals surface area contributed by atoms with Gasteiger partial charge in [-0.2, -0.15) is 5.26 Å². The van der Waals surface area contributed by atoms with Gasteiger partial charge in [0.15, 0.2) is 0 Å². The van der Waals surface area contributed by atoms with E-state index in [-0.39, 0.29) is 16.1 Å². The van der Waals surface area contributed by atoms with E-state index in [1.165, 1.54) is 0 Å². The number of para-hydroxylation sites is 1. The molecule has 1 unspecified atom stereocenters. The molecule has 3 nitrogen and oxygen atoms in total. The number of nitrogens with one attached hydrogen (secondary N) is 1. The van der Waals surface area contributed by atoms with Crippen molar-refractivity contribution in [3.05, 3.63) is 30.3 Å². The molecule has 0 saturated carbocycles. The minimum absolute atomic E-state index is 0.0455. The molecule has 0 fully saturated rings. The van der Waals surface area contributed by atoms with E-state index in [0.717, 1.165) is 17.9 Å². The number of amides is 1. The summed E-state index contributed by atoms with van der Waals surface area (Å²) in [5.41, 5.74) is 0.826. The molecule has 0 aliphatic rings. The van der Waals surface area contributed by atoms with Crippen molar-refractivity contribution in [3.63, 3.8) is 0 Å². The molecule has 0 saturated heterocycles. The van der Waals surface area contributed by atoms with E-state index in [0.29, 0.717) is 6.42 Å². The summed E-state index contributed by atoms with van der Waals surface area (Å²) < 4.78 is 0. The highest BCUT2D eigenvalue weighted by atomic mass is 32.2. The van der Waals surface area contributed by atoms with Crippen LogP contribution in [-0.4, -0.2) is 17.2 Å². The summed E-state index contributed by atoms with van der Waals surface area (Å²) in [6.45, 7) is 0. The molecule has 1 atom stereocenters. The fourth-order valence-corrected chi connectivity index (χ4v) is 2.24. The zero-order chi connectivity index (χ0) is 11.8. The van der Waals surface area contributed by atoms with E-state index in [4.69, 9.17) is 5.26 Å². The van der Waals surface area contributed by atoms with Crippen LogP contribution < -0.4 is 5.32 Å². The van der Waals surface area contributed by atoms with Crippen LogP contribution in [-0.2, 0) is 10.9 Å². The molecule has 0 bridgehead atoms. The molecule has 1 aromatic rings. The Kier molecular flexibility index (Phi) is 5.44. The molecule has 84 valence electrons. The lowest BCUT2D eigenvalue weighted by atomic mass is 10.3. The van der Waals surface area contributed by atoms with Crippen LogP contribution in [0, 0.1) is 11.3 Å². The summed E-state index contributed by atoms with van der Waals surface area (Å²) in [5.74, 6) is 0.784. The highest BCUT2D eigenvalue weighted by Crippen LogP contribution is 2.08. The van der Waals surface area contributed by atoms with Gasteiger partial charge in [-0.15, -0.1) is 0 Å². The first kappa shape index (κ1) is 12.6. The van der Waals surface area contributed by atoms with Crippen molar-refractivity contribution in [2.75, 3.05) is 17.3 Å². The summed E-state index contributed by atoms with van der Waals surface area (Å²) in [5, 5.41) is 11.3. The van der Waals surface area contributed by atoms with Crippen molar-refractivity contribution in [2.24, 2.45) is 0 Å². The Hall–Kier alpha value is -1.47. The van der Waals surface area contributed by atoms with Crippen LogP contribution in [0.4, 0.5) is 10.5 Å². The Bertz CT molecular complexity index is 372. The molecule has 0 radical (unpaired) electrons. The van der Waals surface area contributed by atoms with Gasteiger partial charge in [0.2, 0.25) is 0 Å². The molecule has 0 aliphatic carbocycles. The lowest BCUT2D eigenvalue weighted by Gasteiger charge is -2.03. The number of nitriles is 1. The van der Waals surface area contributed by atoms with Crippen molar-refractivity contribution >= 4 is 21.8 Å². The largest absolute Gasteiger partial charge is 0.433 e. The number of rotatable bonds is 4. The standard InChI is InChI=1S/C12H14N2OS/c1-16(10-6-5-9-13)12(15)14-11-7-3-2-4-8-11/h2-4,7-8H,5-6,10H2,1H3/p+1. The van der Waals surface area contributed by atoms with Crippen molar-refractivity contribution in [3.8, 4) is 6.07 Å². The highest BCUT2D eigenvalue weighted by Gasteiger charge is 2.22. The van der Waals surface area contributed by atoms with Gasteiger partial charge in [-0.1, -0.05) is 18.2 Å². The first-order valence-corrected chi connectivity index (χ1v) is 6.90. The van der Waals surface area contributed by atoms with Gasteiger partial charge in [-0.05, 0) is 12.1 Å². The lowest BCUT2D eigenvalue weighted by molar-refractivity contribution is 0.269. The third-order valence-corrected chi connectivity index (χ3v) is 3.71. The summed E-state index contributed by atoms with van der Waals surface area (Å²) >= 11 is 0. The Morgan fingerprint density at radius 1 is 1.44 bits per heavy atom. The van der Waals surface area contributed by atoms with Crippen LogP contribution in [0.1, 0.15) is 12.8 Å². The van der Waals surface area contributed by atoms with E-state index >= 15 is 0 Å². The summed E-state index contributed by atoms with van der Waals surface area (Å²) in [7, 11) is -0.318. The molecule has 1 N–H and O–H groups in total. The van der Waals surface area contributed by atoms with E-state index in [1.54, 1.807) is 0 Å². The molecule has 0 aliphatic heterocycles. The molecular weight excluding hydrogens is 220 g/mol. The third-order valence-electron chi connectivity index (χ3n) is 2.08. The van der Waals surface area contributed by atoms with E-state index in [2.05, 4.69) is 11.4 Å². The van der Waals surface area contributed by atoms with Gasteiger partial charge in [0.05, 0.1) is 17.0 Å². The number of hydrogen-bond donors (Lipinski definition) is 1. The Morgan fingerprint density at radius 2 is 2.12 bits per heavy atom. The lowest BCUT2D eigenvalue weighted by Crippen LogP contribution is -2.23. The SMILES string of the molecule is C[S+](CCCC#N)C(=O)Nc1ccccc1. The molecule has 4 heteroatoms. The number of anilines is 1. The van der Waals surface area contributed by atoms with Crippen LogP contribution >= 0.6 is 0 Å². The molecule has 0 aromatic heterocycles. The van der Waals surface area contributed by atoms with Crippen LogP contribution in [0.15, 0.2) is 30.3 Å². The monoisotopic (exact) mass is 235 g/mol. The van der Waals surface area contributed by atoms with Crippen molar-refractivity contribution in [2.45, 2.75) is 12.8 Å². The Labute approximate surface area is 98.8 Å². The first-order valence-electron chi connectivity index (χ1n) is 5.09. The zero-order valence-corrected chi connectivity index (χ0v) is 10.1. The number of hydrogen-bond acceptors (Lipinski definition) is 2. The van der Waals surface area contributed by atoms with Gasteiger partial charge in [0.1, 0.15) is 12.0 Å². The normalized spacial score (nSPS) is 11.5. The van der Waals surface area contributed by atoms with Crippen LogP contribution in [0.3, 0.4) is 0 Å². The summed E-state index contributed by atoms with van der Waals surface area (Å²) in [6, 6.07) is 11.5. The van der Waals surface area contributed by atoms with Crippen molar-refractivity contribution in [1.29, 1.82) is 5.26 Å². The average molecular weight is 235 g/mol. The Balaban J connectivity index is 2.38. The molecule has 1 rings (SSSR count). The summed E-state index contributed by atoms with van der Waals surface area (Å²) in [4.78, 5) is 11.7. The van der Waals surface area contributed by atoms with E-state index in [9.17, 15) is 4.79 Å². The van der Waals surface area contributed by atoms with Gasteiger partial charge in [0, 0.05) is 18.5 Å². The second-order valence-corrected chi connectivity index (χ2v) is 5.43. The molecular formula is C12H15N2OS+. The zero-order valence-electron chi connectivity index (χ0n) is 9.27. The predicted molar refractivity (Wildman–Crippen MR) is 68.5 cm³/mol. The van der Waals surface area contributed by atoms with Crippen LogP contribution in [0.2, 0.25) is 0 Å². The second kappa shape index (κ2) is 6.91. The number of unbranched alkanes of at least 4 members (excludes halogenated alkanes) is 1. The van der Waals surface area contributed by atoms with Gasteiger partial charge >= 0.3 is 5.24 Å². The topological polar surface area (TPSA) is 52.9 Å². The van der Waals surface area contributed by atoms with Crippen LogP contribution in [0.25, 0.3) is 0 Å². The van der Waals surface area contributed by atoms with Gasteiger partial charge in [-0.25, -0.2) is 4.79 Å². The maximum absolute atomic E-state index is 11.7.